The number of anilines is 2. The fraction of sp³-hybridized carbons (Fsp3) is 0.108. The van der Waals surface area contributed by atoms with Crippen molar-refractivity contribution in [2.75, 3.05) is 18.9 Å². The van der Waals surface area contributed by atoms with Crippen molar-refractivity contribution in [2.24, 2.45) is 4.99 Å². The third-order valence-electron chi connectivity index (χ3n) is 8.56. The minimum absolute atomic E-state index is 0.0416. The van der Waals surface area contributed by atoms with Crippen molar-refractivity contribution >= 4 is 70.3 Å². The van der Waals surface area contributed by atoms with Gasteiger partial charge in [0.1, 0.15) is 16.2 Å². The molecule has 0 saturated heterocycles. The Morgan fingerprint density at radius 1 is 0.732 bits per heavy atom. The monoisotopic (exact) mass is 821 g/mol. The molecule has 1 aliphatic heterocycles. The van der Waals surface area contributed by atoms with Crippen LogP contribution in [0.4, 0.5) is 17.1 Å². The second-order valence-corrected chi connectivity index (χ2v) is 16.7. The maximum atomic E-state index is 13.9. The van der Waals surface area contributed by atoms with Gasteiger partial charge in [-0.05, 0) is 84.8 Å². The molecule has 0 bridgehead atoms. The quantitative estimate of drug-likeness (QED) is 0.0716. The van der Waals surface area contributed by atoms with Gasteiger partial charge in [-0.1, -0.05) is 18.2 Å². The molecule has 2 aliphatic rings. The number of carboxylic acid groups (broad SMARTS) is 1. The first kappa shape index (κ1) is 39.7. The second-order valence-electron chi connectivity index (χ2n) is 12.5. The standard InChI is InChI=1S/C37H31N3O13S3/c1-40(18-4-7-35(41)42)37(43)28-6-3-2-5-27(28)36-29-17-12-24(38-22-8-13-25(14-9-22)54(44,45)46)19-32(29)53-33-21-31(34(20-30(33)36)56(50,51)52)39-23-10-15-26(16-11-23)55(47,48)49/h2-3,5-6,8-17,19-21,38H,4,7,18H2,1H3,(H,41,42)(H,44,45,46)(H,47,48,49)(H,50,51,52). The molecule has 0 radical (unpaired) electrons. The lowest BCUT2D eigenvalue weighted by molar-refractivity contribution is -0.137. The topological polar surface area (TPSA) is 258 Å². The number of amides is 1. The van der Waals surface area contributed by atoms with Gasteiger partial charge in [-0.3, -0.25) is 23.2 Å². The van der Waals surface area contributed by atoms with Crippen molar-refractivity contribution in [1.29, 1.82) is 0 Å². The highest BCUT2D eigenvalue weighted by atomic mass is 32.2. The summed E-state index contributed by atoms with van der Waals surface area (Å²) in [5.74, 6) is -1.44. The second kappa shape index (κ2) is 15.3. The molecule has 0 spiro atoms. The summed E-state index contributed by atoms with van der Waals surface area (Å²) >= 11 is 0. The van der Waals surface area contributed by atoms with Gasteiger partial charge in [0, 0.05) is 65.6 Å². The summed E-state index contributed by atoms with van der Waals surface area (Å²) in [5, 5.41) is 12.3. The van der Waals surface area contributed by atoms with Crippen LogP contribution in [0.2, 0.25) is 0 Å². The zero-order valence-electron chi connectivity index (χ0n) is 29.0. The van der Waals surface area contributed by atoms with Gasteiger partial charge >= 0.3 is 5.97 Å². The Bertz CT molecular complexity index is 2890. The van der Waals surface area contributed by atoms with Gasteiger partial charge in [-0.25, -0.2) is 4.99 Å². The number of nitrogens with one attached hydrogen (secondary N) is 1. The molecule has 56 heavy (non-hydrogen) atoms. The molecule has 16 nitrogen and oxygen atoms in total. The first-order chi connectivity index (χ1) is 26.3. The highest BCUT2D eigenvalue weighted by Crippen LogP contribution is 2.43. The lowest BCUT2D eigenvalue weighted by Gasteiger charge is -2.22. The van der Waals surface area contributed by atoms with Crippen LogP contribution in [0.3, 0.4) is 0 Å². The van der Waals surface area contributed by atoms with Crippen LogP contribution in [-0.2, 0) is 35.1 Å². The summed E-state index contributed by atoms with van der Waals surface area (Å²) in [7, 11) is -12.4. The molecule has 0 saturated carbocycles. The maximum Gasteiger partial charge on any atom is 0.303 e. The Morgan fingerprint density at radius 2 is 1.34 bits per heavy atom. The summed E-state index contributed by atoms with van der Waals surface area (Å²) in [4.78, 5) is 29.3. The normalized spacial score (nSPS) is 12.5. The SMILES string of the molecule is CN(CCCC(=O)O)C(=O)c1ccccc1-c1c2cc(S(=O)(=O)O)c(=Nc3ccc(S(=O)(=O)O)cc3)cc-2oc2cc(Nc3ccc(S(=O)(=O)O)cc3)ccc12. The van der Waals surface area contributed by atoms with Crippen LogP contribution in [0, 0.1) is 0 Å². The van der Waals surface area contributed by atoms with Gasteiger partial charge < -0.3 is 19.7 Å². The molecule has 0 fully saturated rings. The van der Waals surface area contributed by atoms with Crippen LogP contribution in [-0.4, -0.2) is 74.4 Å². The number of carboxylic acids is 1. The van der Waals surface area contributed by atoms with Gasteiger partial charge in [0.15, 0.2) is 0 Å². The average molecular weight is 822 g/mol. The number of hydrogen-bond acceptors (Lipinski definition) is 11. The van der Waals surface area contributed by atoms with Gasteiger partial charge in [0.05, 0.1) is 20.8 Å². The Labute approximate surface area is 320 Å². The summed E-state index contributed by atoms with van der Waals surface area (Å²) in [6.45, 7) is 0.119. The molecule has 4 aromatic rings. The summed E-state index contributed by atoms with van der Waals surface area (Å²) in [5.41, 5.74) is 2.14. The van der Waals surface area contributed by atoms with E-state index in [0.29, 0.717) is 27.9 Å². The van der Waals surface area contributed by atoms with Crippen molar-refractivity contribution in [2.45, 2.75) is 27.5 Å². The Morgan fingerprint density at radius 3 is 1.95 bits per heavy atom. The van der Waals surface area contributed by atoms with E-state index in [1.54, 1.807) is 42.5 Å². The number of nitrogens with zero attached hydrogens (tertiary/aromatic N) is 2. The van der Waals surface area contributed by atoms with Gasteiger partial charge in [-0.15, -0.1) is 0 Å². The highest BCUT2D eigenvalue weighted by Gasteiger charge is 2.26. The number of rotatable bonds is 12. The van der Waals surface area contributed by atoms with E-state index in [1.807, 2.05) is 0 Å². The lowest BCUT2D eigenvalue weighted by Crippen LogP contribution is -2.28. The van der Waals surface area contributed by atoms with Crippen LogP contribution < -0.4 is 10.7 Å². The predicted octanol–water partition coefficient (Wildman–Crippen LogP) is 5.86. The Balaban J connectivity index is 1.59. The minimum atomic E-state index is -5.00. The van der Waals surface area contributed by atoms with Crippen LogP contribution >= 0.6 is 0 Å². The fourth-order valence-corrected chi connectivity index (χ4v) is 7.53. The van der Waals surface area contributed by atoms with Crippen LogP contribution in [0.5, 0.6) is 0 Å². The van der Waals surface area contributed by atoms with Crippen LogP contribution in [0.25, 0.3) is 33.4 Å². The van der Waals surface area contributed by atoms with E-state index < -0.39 is 52.0 Å². The van der Waals surface area contributed by atoms with E-state index in [9.17, 15) is 48.5 Å². The molecule has 290 valence electrons. The zero-order chi connectivity index (χ0) is 40.6. The summed E-state index contributed by atoms with van der Waals surface area (Å²) in [6, 6.07) is 23.5. The smallest absolute Gasteiger partial charge is 0.303 e. The molecule has 4 aromatic carbocycles. The van der Waals surface area contributed by atoms with Crippen molar-refractivity contribution in [3.05, 3.63) is 114 Å². The summed E-state index contributed by atoms with van der Waals surface area (Å²) < 4.78 is 107. The largest absolute Gasteiger partial charge is 0.481 e. The van der Waals surface area contributed by atoms with Crippen molar-refractivity contribution in [3.63, 3.8) is 0 Å². The third kappa shape index (κ3) is 8.78. The third-order valence-corrected chi connectivity index (χ3v) is 11.2. The predicted molar refractivity (Wildman–Crippen MR) is 203 cm³/mol. The molecule has 6 rings (SSSR count). The van der Waals surface area contributed by atoms with E-state index in [0.717, 1.165) is 18.2 Å². The molecule has 1 aliphatic carbocycles. The molecule has 1 heterocycles. The van der Waals surface area contributed by atoms with Crippen LogP contribution in [0.15, 0.2) is 127 Å². The molecule has 19 heteroatoms. The number of carbonyl (C=O) groups excluding carboxylic acids is 1. The van der Waals surface area contributed by atoms with E-state index in [-0.39, 0.29) is 57.8 Å². The Kier molecular flexibility index (Phi) is 10.8. The number of carbonyl (C=O) groups is 2. The van der Waals surface area contributed by atoms with Gasteiger partial charge in [-0.2, -0.15) is 25.3 Å². The molecule has 1 amide bonds. The molecular formula is C37H31N3O13S3. The maximum absolute atomic E-state index is 13.9. The Hall–Kier alpha value is -5.96. The highest BCUT2D eigenvalue weighted by molar-refractivity contribution is 7.86. The lowest BCUT2D eigenvalue weighted by atomic mass is 9.90. The van der Waals surface area contributed by atoms with Crippen LogP contribution in [0.1, 0.15) is 23.2 Å². The zero-order valence-corrected chi connectivity index (χ0v) is 31.5. The van der Waals surface area contributed by atoms with E-state index >= 15 is 0 Å². The summed E-state index contributed by atoms with van der Waals surface area (Å²) in [6.07, 6.45) is 0.0267. The molecule has 0 aromatic heterocycles. The number of benzene rings is 5. The van der Waals surface area contributed by atoms with E-state index in [1.165, 1.54) is 54.4 Å². The average Bonchev–Trinajstić information content (AvgIpc) is 3.12. The molecule has 5 N–H and O–H groups in total. The molecular weight excluding hydrogens is 791 g/mol. The first-order valence-electron chi connectivity index (χ1n) is 16.4. The molecule has 0 unspecified atom stereocenters. The van der Waals surface area contributed by atoms with Crippen molar-refractivity contribution in [3.8, 4) is 22.5 Å². The number of aliphatic carboxylic acids is 1. The van der Waals surface area contributed by atoms with E-state index in [2.05, 4.69) is 10.3 Å². The van der Waals surface area contributed by atoms with E-state index in [4.69, 9.17) is 9.52 Å². The van der Waals surface area contributed by atoms with Crippen molar-refractivity contribution < 1.29 is 58.0 Å². The first-order valence-corrected chi connectivity index (χ1v) is 20.7. The number of hydrogen-bond donors (Lipinski definition) is 5. The molecule has 0 atom stereocenters. The van der Waals surface area contributed by atoms with Crippen molar-refractivity contribution in [1.82, 2.24) is 4.90 Å². The van der Waals surface area contributed by atoms with Gasteiger partial charge in [0.2, 0.25) is 0 Å². The number of fused-ring (bicyclic) bond motifs is 2. The van der Waals surface area contributed by atoms with Gasteiger partial charge in [0.25, 0.3) is 36.3 Å². The fourth-order valence-electron chi connectivity index (χ4n) is 5.94. The minimum Gasteiger partial charge on any atom is -0.481 e.